The average molecular weight is 400 g/mol. The van der Waals surface area contributed by atoms with Crippen molar-refractivity contribution in [3.8, 4) is 5.75 Å². The van der Waals surface area contributed by atoms with Crippen molar-refractivity contribution in [2.24, 2.45) is 0 Å². The number of ether oxygens (including phenoxy) is 1. The van der Waals surface area contributed by atoms with Crippen LogP contribution in [0.5, 0.6) is 5.75 Å². The van der Waals surface area contributed by atoms with E-state index >= 15 is 0 Å². The van der Waals surface area contributed by atoms with Gasteiger partial charge < -0.3 is 20.7 Å². The summed E-state index contributed by atoms with van der Waals surface area (Å²) < 4.78 is 5.46. The van der Waals surface area contributed by atoms with Gasteiger partial charge >= 0.3 is 0 Å². The van der Waals surface area contributed by atoms with Gasteiger partial charge in [-0.3, -0.25) is 9.59 Å². The number of carbonyl (C=O) groups is 2. The molecule has 5 rings (SSSR count). The van der Waals surface area contributed by atoms with E-state index in [1.165, 1.54) is 0 Å². The molecule has 1 heterocycles. The first-order valence-corrected chi connectivity index (χ1v) is 9.10. The van der Waals surface area contributed by atoms with Gasteiger partial charge in [0.25, 0.3) is 5.91 Å². The SMILES string of the molecule is Cl.O=C(COc1ccc(Cl)cc1)NC12CC(NC(=O)C3CCCN3)(C1)C2. The Labute approximate surface area is 163 Å². The molecule has 26 heavy (non-hydrogen) atoms. The molecule has 0 aromatic heterocycles. The standard InChI is InChI=1S/C18H22ClN3O3.ClH/c19-12-3-5-13(6-4-12)25-8-15(23)21-17-9-18(10-17,11-17)22-16(24)14-2-1-7-20-14;/h3-6,14,20H,1-2,7-11H2,(H,21,23)(H,22,24);1H. The minimum Gasteiger partial charge on any atom is -0.484 e. The van der Waals surface area contributed by atoms with Gasteiger partial charge in [-0.2, -0.15) is 0 Å². The van der Waals surface area contributed by atoms with Crippen molar-refractivity contribution in [3.63, 3.8) is 0 Å². The Morgan fingerprint density at radius 3 is 2.42 bits per heavy atom. The zero-order chi connectivity index (χ0) is 17.5. The smallest absolute Gasteiger partial charge is 0.258 e. The van der Waals surface area contributed by atoms with Gasteiger partial charge in [0, 0.05) is 16.1 Å². The summed E-state index contributed by atoms with van der Waals surface area (Å²) in [4.78, 5) is 24.3. The summed E-state index contributed by atoms with van der Waals surface area (Å²) in [5.41, 5.74) is -0.261. The Hall–Kier alpha value is -1.50. The molecule has 4 fully saturated rings. The summed E-state index contributed by atoms with van der Waals surface area (Å²) in [6, 6.07) is 6.87. The molecule has 1 unspecified atom stereocenters. The van der Waals surface area contributed by atoms with Gasteiger partial charge in [0.05, 0.1) is 6.04 Å². The van der Waals surface area contributed by atoms with E-state index in [9.17, 15) is 9.59 Å². The van der Waals surface area contributed by atoms with Crippen LogP contribution in [0.25, 0.3) is 0 Å². The maximum absolute atomic E-state index is 12.2. The summed E-state index contributed by atoms with van der Waals surface area (Å²) >= 11 is 5.81. The first kappa shape index (κ1) is 19.3. The topological polar surface area (TPSA) is 79.5 Å². The fourth-order valence-electron chi connectivity index (χ4n) is 4.32. The van der Waals surface area contributed by atoms with Crippen molar-refractivity contribution in [2.75, 3.05) is 13.2 Å². The summed E-state index contributed by atoms with van der Waals surface area (Å²) in [5.74, 6) is 0.583. The highest BCUT2D eigenvalue weighted by atomic mass is 35.5. The molecule has 4 aliphatic rings. The van der Waals surface area contributed by atoms with Crippen LogP contribution in [-0.2, 0) is 9.59 Å². The van der Waals surface area contributed by atoms with Crippen molar-refractivity contribution in [1.82, 2.24) is 16.0 Å². The van der Waals surface area contributed by atoms with Crippen LogP contribution in [0.4, 0.5) is 0 Å². The van der Waals surface area contributed by atoms with Crippen molar-refractivity contribution in [1.29, 1.82) is 0 Å². The molecule has 0 radical (unpaired) electrons. The highest BCUT2D eigenvalue weighted by molar-refractivity contribution is 6.30. The van der Waals surface area contributed by atoms with E-state index in [4.69, 9.17) is 16.3 Å². The second-order valence-corrected chi connectivity index (χ2v) is 7.96. The number of rotatable bonds is 6. The first-order chi connectivity index (χ1) is 12.0. The first-order valence-electron chi connectivity index (χ1n) is 8.73. The average Bonchev–Trinajstić information content (AvgIpc) is 3.05. The lowest BCUT2D eigenvalue weighted by atomic mass is 9.44. The highest BCUT2D eigenvalue weighted by Gasteiger charge is 2.69. The van der Waals surface area contributed by atoms with E-state index in [-0.39, 0.29) is 47.9 Å². The molecular weight excluding hydrogens is 377 g/mol. The second kappa shape index (κ2) is 7.25. The molecule has 3 N–H and O–H groups in total. The van der Waals surface area contributed by atoms with Gasteiger partial charge in [0.15, 0.2) is 6.61 Å². The molecule has 1 aliphatic heterocycles. The monoisotopic (exact) mass is 399 g/mol. The fraction of sp³-hybridized carbons (Fsp3) is 0.556. The lowest BCUT2D eigenvalue weighted by Gasteiger charge is -2.70. The van der Waals surface area contributed by atoms with Gasteiger partial charge in [-0.05, 0) is 62.9 Å². The molecule has 1 atom stereocenters. The number of hydrogen-bond acceptors (Lipinski definition) is 4. The number of nitrogens with one attached hydrogen (secondary N) is 3. The summed E-state index contributed by atoms with van der Waals surface area (Å²) in [6.45, 7) is 0.896. The Balaban J connectivity index is 0.00000196. The van der Waals surface area contributed by atoms with E-state index in [1.807, 2.05) is 0 Å². The largest absolute Gasteiger partial charge is 0.484 e. The summed E-state index contributed by atoms with van der Waals surface area (Å²) in [5, 5.41) is 10.1. The third-order valence-corrected chi connectivity index (χ3v) is 5.64. The molecule has 2 amide bonds. The maximum Gasteiger partial charge on any atom is 0.258 e. The third-order valence-electron chi connectivity index (χ3n) is 5.38. The van der Waals surface area contributed by atoms with Crippen molar-refractivity contribution in [2.45, 2.75) is 49.2 Å². The Kier molecular flexibility index (Phi) is 5.37. The molecule has 2 bridgehead atoms. The van der Waals surface area contributed by atoms with Crippen LogP contribution in [0, 0.1) is 0 Å². The van der Waals surface area contributed by atoms with Crippen LogP contribution in [0.3, 0.4) is 0 Å². The minimum absolute atomic E-state index is 0. The lowest BCUT2D eigenvalue weighted by molar-refractivity contribution is -0.151. The van der Waals surface area contributed by atoms with Crippen LogP contribution in [-0.4, -0.2) is 42.1 Å². The second-order valence-electron chi connectivity index (χ2n) is 7.52. The number of hydrogen-bond donors (Lipinski definition) is 3. The normalized spacial score (nSPS) is 31.0. The summed E-state index contributed by atoms with van der Waals surface area (Å²) in [6.07, 6.45) is 4.39. The molecule has 8 heteroatoms. The Bertz CT molecular complexity index is 670. The van der Waals surface area contributed by atoms with Crippen LogP contribution < -0.4 is 20.7 Å². The highest BCUT2D eigenvalue weighted by Crippen LogP contribution is 2.60. The van der Waals surface area contributed by atoms with Crippen LogP contribution in [0.2, 0.25) is 5.02 Å². The summed E-state index contributed by atoms with van der Waals surface area (Å²) in [7, 11) is 0. The van der Waals surface area contributed by atoms with Gasteiger partial charge in [-0.15, -0.1) is 12.4 Å². The predicted molar refractivity (Wildman–Crippen MR) is 101 cm³/mol. The molecule has 1 saturated heterocycles. The van der Waals surface area contributed by atoms with Gasteiger partial charge in [-0.25, -0.2) is 0 Å². The van der Waals surface area contributed by atoms with Gasteiger partial charge in [0.1, 0.15) is 5.75 Å². The van der Waals surface area contributed by atoms with E-state index in [2.05, 4.69) is 16.0 Å². The number of amides is 2. The van der Waals surface area contributed by atoms with Gasteiger partial charge in [0.2, 0.25) is 5.91 Å². The van der Waals surface area contributed by atoms with Crippen molar-refractivity contribution in [3.05, 3.63) is 29.3 Å². The molecule has 0 spiro atoms. The number of benzene rings is 1. The van der Waals surface area contributed by atoms with Gasteiger partial charge in [-0.1, -0.05) is 11.6 Å². The zero-order valence-corrected chi connectivity index (χ0v) is 15.9. The number of carbonyl (C=O) groups excluding carboxylic acids is 2. The van der Waals surface area contributed by atoms with E-state index < -0.39 is 0 Å². The fourth-order valence-corrected chi connectivity index (χ4v) is 4.45. The molecule has 142 valence electrons. The molecule has 3 saturated carbocycles. The molecule has 1 aromatic carbocycles. The zero-order valence-electron chi connectivity index (χ0n) is 14.3. The maximum atomic E-state index is 12.2. The van der Waals surface area contributed by atoms with Crippen LogP contribution in [0.1, 0.15) is 32.1 Å². The van der Waals surface area contributed by atoms with E-state index in [0.717, 1.165) is 38.6 Å². The quantitative estimate of drug-likeness (QED) is 0.681. The Morgan fingerprint density at radius 2 is 1.81 bits per heavy atom. The number of halogens is 2. The molecule has 3 aliphatic carbocycles. The van der Waals surface area contributed by atoms with E-state index in [1.54, 1.807) is 24.3 Å². The van der Waals surface area contributed by atoms with E-state index in [0.29, 0.717) is 10.8 Å². The molecular formula is C18H23Cl2N3O3. The third kappa shape index (κ3) is 3.77. The lowest BCUT2D eigenvalue weighted by Crippen LogP contribution is -2.84. The molecule has 6 nitrogen and oxygen atoms in total. The molecule has 1 aromatic rings. The minimum atomic E-state index is -0.156. The van der Waals surface area contributed by atoms with Crippen molar-refractivity contribution < 1.29 is 14.3 Å². The van der Waals surface area contributed by atoms with Crippen LogP contribution >= 0.6 is 24.0 Å². The van der Waals surface area contributed by atoms with Crippen molar-refractivity contribution >= 4 is 35.8 Å². The van der Waals surface area contributed by atoms with Crippen LogP contribution in [0.15, 0.2) is 24.3 Å². The Morgan fingerprint density at radius 1 is 1.15 bits per heavy atom. The predicted octanol–water partition coefficient (Wildman–Crippen LogP) is 1.80.